The molecule has 0 aliphatic heterocycles. The summed E-state index contributed by atoms with van der Waals surface area (Å²) in [6.07, 6.45) is 1.90. The van der Waals surface area contributed by atoms with Crippen LogP contribution in [0.2, 0.25) is 0 Å². The standard InChI is InChI=1S/C20H23N5O2/c1-11(2)25-20(27)16-9-7-6-8-15(16)18(24-25)19(26)23-22-14(5)17-12(3)10-21-13(17)4/h6-11,21H,1-5H3,(H,23,26)/b22-14+. The Kier molecular flexibility index (Phi) is 4.94. The monoisotopic (exact) mass is 365 g/mol. The van der Waals surface area contributed by atoms with Crippen molar-refractivity contribution >= 4 is 22.4 Å². The second-order valence-electron chi connectivity index (χ2n) is 6.85. The summed E-state index contributed by atoms with van der Waals surface area (Å²) >= 11 is 0. The highest BCUT2D eigenvalue weighted by atomic mass is 16.2. The summed E-state index contributed by atoms with van der Waals surface area (Å²) in [6.45, 7) is 9.48. The Labute approximate surface area is 157 Å². The van der Waals surface area contributed by atoms with Crippen LogP contribution in [0.4, 0.5) is 0 Å². The highest BCUT2D eigenvalue weighted by molar-refractivity contribution is 6.06. The topological polar surface area (TPSA) is 92.1 Å². The molecule has 0 fully saturated rings. The van der Waals surface area contributed by atoms with Gasteiger partial charge in [-0.3, -0.25) is 9.59 Å². The molecule has 3 aromatic rings. The van der Waals surface area contributed by atoms with Crippen molar-refractivity contribution in [1.82, 2.24) is 20.2 Å². The molecule has 2 heterocycles. The van der Waals surface area contributed by atoms with E-state index in [4.69, 9.17) is 0 Å². The van der Waals surface area contributed by atoms with Crippen LogP contribution in [0.3, 0.4) is 0 Å². The normalized spacial score (nSPS) is 12.0. The molecule has 0 aliphatic carbocycles. The molecule has 0 bridgehead atoms. The van der Waals surface area contributed by atoms with Crippen molar-refractivity contribution in [3.63, 3.8) is 0 Å². The zero-order valence-corrected chi connectivity index (χ0v) is 16.1. The lowest BCUT2D eigenvalue weighted by atomic mass is 10.1. The molecular formula is C20H23N5O2. The molecule has 3 rings (SSSR count). The number of amides is 1. The molecule has 140 valence electrons. The third-order valence-corrected chi connectivity index (χ3v) is 4.49. The second kappa shape index (κ2) is 7.19. The third-order valence-electron chi connectivity index (χ3n) is 4.49. The van der Waals surface area contributed by atoms with Crippen LogP contribution in [0.5, 0.6) is 0 Å². The number of hydrazone groups is 1. The van der Waals surface area contributed by atoms with Gasteiger partial charge < -0.3 is 4.98 Å². The summed E-state index contributed by atoms with van der Waals surface area (Å²) in [6, 6.07) is 6.82. The summed E-state index contributed by atoms with van der Waals surface area (Å²) in [5.41, 5.74) is 6.25. The number of aromatic nitrogens is 3. The highest BCUT2D eigenvalue weighted by Gasteiger charge is 2.18. The van der Waals surface area contributed by atoms with E-state index in [-0.39, 0.29) is 17.3 Å². The van der Waals surface area contributed by atoms with Crippen LogP contribution in [0.1, 0.15) is 54.1 Å². The summed E-state index contributed by atoms with van der Waals surface area (Å²) in [5.74, 6) is -0.453. The van der Waals surface area contributed by atoms with Crippen molar-refractivity contribution in [2.24, 2.45) is 5.10 Å². The van der Waals surface area contributed by atoms with Crippen LogP contribution in [-0.2, 0) is 0 Å². The van der Waals surface area contributed by atoms with Crippen molar-refractivity contribution in [3.8, 4) is 0 Å². The first-order chi connectivity index (χ1) is 12.8. The number of H-pyrrole nitrogens is 1. The van der Waals surface area contributed by atoms with Crippen LogP contribution < -0.4 is 11.0 Å². The van der Waals surface area contributed by atoms with Crippen LogP contribution in [0.15, 0.2) is 40.4 Å². The molecular weight excluding hydrogens is 342 g/mol. The van der Waals surface area contributed by atoms with Gasteiger partial charge in [0.1, 0.15) is 0 Å². The first-order valence-electron chi connectivity index (χ1n) is 8.82. The average molecular weight is 365 g/mol. The van der Waals surface area contributed by atoms with Gasteiger partial charge in [0.2, 0.25) is 0 Å². The molecule has 0 aliphatic rings. The number of nitrogens with one attached hydrogen (secondary N) is 2. The van der Waals surface area contributed by atoms with Gasteiger partial charge in [-0.25, -0.2) is 10.1 Å². The van der Waals surface area contributed by atoms with Gasteiger partial charge in [-0.05, 0) is 46.2 Å². The van der Waals surface area contributed by atoms with Crippen molar-refractivity contribution in [3.05, 3.63) is 63.3 Å². The van der Waals surface area contributed by atoms with E-state index in [9.17, 15) is 9.59 Å². The van der Waals surface area contributed by atoms with Gasteiger partial charge in [0.25, 0.3) is 11.5 Å². The van der Waals surface area contributed by atoms with Crippen molar-refractivity contribution in [1.29, 1.82) is 0 Å². The summed E-state index contributed by atoms with van der Waals surface area (Å²) in [7, 11) is 0. The lowest BCUT2D eigenvalue weighted by molar-refractivity contribution is 0.0949. The second-order valence-corrected chi connectivity index (χ2v) is 6.85. The summed E-state index contributed by atoms with van der Waals surface area (Å²) in [5, 5.41) is 9.51. The maximum atomic E-state index is 12.8. The van der Waals surface area contributed by atoms with Gasteiger partial charge in [0, 0.05) is 22.8 Å². The number of fused-ring (bicyclic) bond motifs is 1. The van der Waals surface area contributed by atoms with E-state index in [2.05, 4.69) is 20.6 Å². The number of nitrogens with zero attached hydrogens (tertiary/aromatic N) is 3. The fourth-order valence-corrected chi connectivity index (χ4v) is 3.18. The Hall–Kier alpha value is -3.22. The van der Waals surface area contributed by atoms with E-state index < -0.39 is 5.91 Å². The van der Waals surface area contributed by atoms with Crippen molar-refractivity contribution in [2.45, 2.75) is 40.7 Å². The van der Waals surface area contributed by atoms with E-state index >= 15 is 0 Å². The minimum absolute atomic E-state index is 0.163. The number of benzene rings is 1. The molecule has 0 saturated carbocycles. The quantitative estimate of drug-likeness (QED) is 0.550. The number of rotatable bonds is 4. The fourth-order valence-electron chi connectivity index (χ4n) is 3.18. The van der Waals surface area contributed by atoms with E-state index in [0.29, 0.717) is 16.5 Å². The molecule has 0 spiro atoms. The average Bonchev–Trinajstić information content (AvgIpc) is 2.98. The first-order valence-corrected chi connectivity index (χ1v) is 8.82. The fraction of sp³-hybridized carbons (Fsp3) is 0.300. The van der Waals surface area contributed by atoms with E-state index in [1.165, 1.54) is 4.68 Å². The summed E-state index contributed by atoms with van der Waals surface area (Å²) in [4.78, 5) is 28.5. The maximum Gasteiger partial charge on any atom is 0.292 e. The molecule has 0 radical (unpaired) electrons. The molecule has 0 atom stereocenters. The minimum atomic E-state index is -0.453. The number of aromatic amines is 1. The molecule has 27 heavy (non-hydrogen) atoms. The molecule has 1 aromatic carbocycles. The molecule has 2 N–H and O–H groups in total. The Morgan fingerprint density at radius 3 is 2.48 bits per heavy atom. The molecule has 7 nitrogen and oxygen atoms in total. The predicted molar refractivity (Wildman–Crippen MR) is 106 cm³/mol. The van der Waals surface area contributed by atoms with Gasteiger partial charge >= 0.3 is 0 Å². The van der Waals surface area contributed by atoms with Crippen LogP contribution in [-0.4, -0.2) is 26.4 Å². The Balaban J connectivity index is 2.02. The molecule has 2 aromatic heterocycles. The Bertz CT molecular complexity index is 1090. The van der Waals surface area contributed by atoms with Crippen molar-refractivity contribution < 1.29 is 4.79 Å². The van der Waals surface area contributed by atoms with Crippen LogP contribution >= 0.6 is 0 Å². The van der Waals surface area contributed by atoms with Gasteiger partial charge in [0.15, 0.2) is 5.69 Å². The number of carbonyl (C=O) groups excluding carboxylic acids is 1. The number of hydrogen-bond acceptors (Lipinski definition) is 4. The zero-order valence-electron chi connectivity index (χ0n) is 16.1. The van der Waals surface area contributed by atoms with Crippen molar-refractivity contribution in [2.75, 3.05) is 0 Å². The van der Waals surface area contributed by atoms with E-state index in [1.807, 2.05) is 40.8 Å². The predicted octanol–water partition coefficient (Wildman–Crippen LogP) is 3.08. The third kappa shape index (κ3) is 3.40. The lowest BCUT2D eigenvalue weighted by Crippen LogP contribution is -2.30. The van der Waals surface area contributed by atoms with Gasteiger partial charge in [-0.2, -0.15) is 10.2 Å². The Morgan fingerprint density at radius 2 is 1.89 bits per heavy atom. The van der Waals surface area contributed by atoms with E-state index in [1.54, 1.807) is 24.3 Å². The molecule has 0 unspecified atom stereocenters. The smallest absolute Gasteiger partial charge is 0.292 e. The van der Waals surface area contributed by atoms with Gasteiger partial charge in [0.05, 0.1) is 17.1 Å². The summed E-state index contributed by atoms with van der Waals surface area (Å²) < 4.78 is 1.33. The van der Waals surface area contributed by atoms with Crippen LogP contribution in [0.25, 0.3) is 10.8 Å². The minimum Gasteiger partial charge on any atom is -0.364 e. The molecule has 1 amide bonds. The lowest BCUT2D eigenvalue weighted by Gasteiger charge is -2.12. The molecule has 0 saturated heterocycles. The maximum absolute atomic E-state index is 12.8. The number of hydrogen-bond donors (Lipinski definition) is 2. The van der Waals surface area contributed by atoms with Crippen LogP contribution in [0, 0.1) is 13.8 Å². The van der Waals surface area contributed by atoms with Gasteiger partial charge in [-0.1, -0.05) is 18.2 Å². The SMILES string of the molecule is C/C(=N\NC(=O)c1nn(C(C)C)c(=O)c2ccccc12)c1c(C)c[nH]c1C. The largest absolute Gasteiger partial charge is 0.364 e. The molecule has 7 heteroatoms. The number of aryl methyl sites for hydroxylation is 2. The van der Waals surface area contributed by atoms with E-state index in [0.717, 1.165) is 16.8 Å². The van der Waals surface area contributed by atoms with Gasteiger partial charge in [-0.15, -0.1) is 0 Å². The Morgan fingerprint density at radius 1 is 1.22 bits per heavy atom. The number of carbonyl (C=O) groups is 1. The zero-order chi connectivity index (χ0) is 19.7. The first kappa shape index (κ1) is 18.6. The highest BCUT2D eigenvalue weighted by Crippen LogP contribution is 2.16.